The molecule has 0 bridgehead atoms. The second kappa shape index (κ2) is 3.18. The third kappa shape index (κ3) is 1.59. The molecule has 50 valence electrons. The van der Waals surface area contributed by atoms with E-state index in [0.717, 1.165) is 0 Å². The molecule has 0 saturated carbocycles. The average molecular weight is 264 g/mol. The molecule has 0 heterocycles. The molecular weight excluding hydrogens is 258 g/mol. The van der Waals surface area contributed by atoms with Gasteiger partial charge in [0, 0.05) is 8.95 Å². The van der Waals surface area contributed by atoms with Crippen molar-refractivity contribution in [1.29, 1.82) is 5.26 Å². The van der Waals surface area contributed by atoms with Crippen molar-refractivity contribution in [3.05, 3.63) is 32.6 Å². The predicted molar refractivity (Wildman–Crippen MR) is 46.6 cm³/mol. The maximum Gasteiger partial charge on any atom is 0.0992 e. The molecular formula is C7H3Br2N. The van der Waals surface area contributed by atoms with E-state index in [4.69, 9.17) is 9.37 Å². The van der Waals surface area contributed by atoms with Gasteiger partial charge in [0.05, 0.1) is 15.7 Å². The monoisotopic (exact) mass is 262 g/mol. The van der Waals surface area contributed by atoms with Crippen LogP contribution in [0.3, 0.4) is 0 Å². The standard InChI is InChI=1S/C7H3Br2N/c8-6-2-1-5(4-10)3-7(6)9/h1-3H/i1D,2D,3D. The molecule has 1 aromatic rings. The van der Waals surface area contributed by atoms with Gasteiger partial charge in [-0.05, 0) is 50.0 Å². The number of hydrogen-bond donors (Lipinski definition) is 0. The van der Waals surface area contributed by atoms with Crippen molar-refractivity contribution in [2.75, 3.05) is 0 Å². The van der Waals surface area contributed by atoms with Gasteiger partial charge >= 0.3 is 0 Å². The molecule has 0 aliphatic heterocycles. The van der Waals surface area contributed by atoms with Crippen LogP contribution < -0.4 is 0 Å². The second-order valence-corrected chi connectivity index (χ2v) is 3.08. The van der Waals surface area contributed by atoms with E-state index in [2.05, 4.69) is 31.9 Å². The Morgan fingerprint density at radius 1 is 1.40 bits per heavy atom. The number of nitriles is 1. The number of rotatable bonds is 0. The molecule has 10 heavy (non-hydrogen) atoms. The van der Waals surface area contributed by atoms with Crippen molar-refractivity contribution in [2.24, 2.45) is 0 Å². The lowest BCUT2D eigenvalue weighted by molar-refractivity contribution is 1.46. The summed E-state index contributed by atoms with van der Waals surface area (Å²) in [5, 5.41) is 8.63. The zero-order valence-corrected chi connectivity index (χ0v) is 7.88. The van der Waals surface area contributed by atoms with Crippen LogP contribution in [0, 0.1) is 11.3 Å². The first kappa shape index (κ1) is 4.53. The van der Waals surface area contributed by atoms with Crippen LogP contribution in [0.2, 0.25) is 0 Å². The van der Waals surface area contributed by atoms with Crippen molar-refractivity contribution >= 4 is 31.9 Å². The van der Waals surface area contributed by atoms with Gasteiger partial charge < -0.3 is 0 Å². The summed E-state index contributed by atoms with van der Waals surface area (Å²) in [7, 11) is 0. The molecule has 0 spiro atoms. The van der Waals surface area contributed by atoms with Crippen molar-refractivity contribution in [1.82, 2.24) is 0 Å². The fourth-order valence-corrected chi connectivity index (χ4v) is 0.920. The minimum Gasteiger partial charge on any atom is -0.192 e. The van der Waals surface area contributed by atoms with Gasteiger partial charge in [-0.25, -0.2) is 0 Å². The van der Waals surface area contributed by atoms with Crippen LogP contribution in [0.1, 0.15) is 9.68 Å². The van der Waals surface area contributed by atoms with E-state index in [1.807, 2.05) is 0 Å². The third-order valence-corrected chi connectivity index (χ3v) is 2.56. The summed E-state index contributed by atoms with van der Waals surface area (Å²) in [6.45, 7) is 0. The van der Waals surface area contributed by atoms with Crippen LogP contribution in [0.15, 0.2) is 27.1 Å². The Morgan fingerprint density at radius 2 is 2.10 bits per heavy atom. The molecule has 0 atom stereocenters. The summed E-state index contributed by atoms with van der Waals surface area (Å²) in [6.07, 6.45) is 0. The van der Waals surface area contributed by atoms with Gasteiger partial charge in [-0.3, -0.25) is 0 Å². The van der Waals surface area contributed by atoms with Crippen molar-refractivity contribution in [3.63, 3.8) is 0 Å². The van der Waals surface area contributed by atoms with Gasteiger partial charge in [0.25, 0.3) is 0 Å². The fraction of sp³-hybridized carbons (Fsp3) is 0. The highest BCUT2D eigenvalue weighted by Crippen LogP contribution is 2.23. The second-order valence-electron chi connectivity index (χ2n) is 1.49. The van der Waals surface area contributed by atoms with E-state index >= 15 is 0 Å². The van der Waals surface area contributed by atoms with Crippen molar-refractivity contribution < 1.29 is 4.11 Å². The van der Waals surface area contributed by atoms with Crippen molar-refractivity contribution in [3.8, 4) is 6.07 Å². The Labute approximate surface area is 80.1 Å². The lowest BCUT2D eigenvalue weighted by atomic mass is 10.2. The first-order chi connectivity index (χ1) is 6.00. The first-order valence-electron chi connectivity index (χ1n) is 3.85. The van der Waals surface area contributed by atoms with Crippen LogP contribution in [0.25, 0.3) is 0 Å². The van der Waals surface area contributed by atoms with Gasteiger partial charge in [-0.2, -0.15) is 5.26 Å². The zero-order valence-electron chi connectivity index (χ0n) is 7.70. The molecule has 0 unspecified atom stereocenters. The lowest BCUT2D eigenvalue weighted by Crippen LogP contribution is -1.73. The Hall–Kier alpha value is -0.330. The Morgan fingerprint density at radius 3 is 2.70 bits per heavy atom. The van der Waals surface area contributed by atoms with Crippen LogP contribution in [0.4, 0.5) is 0 Å². The molecule has 1 nitrogen and oxygen atoms in total. The molecule has 0 amide bonds. The minimum atomic E-state index is -0.220. The minimum absolute atomic E-state index is 0.0598. The summed E-state index contributed by atoms with van der Waals surface area (Å²) < 4.78 is 23.0. The molecule has 0 fully saturated rings. The molecule has 0 aliphatic carbocycles. The highest BCUT2D eigenvalue weighted by Gasteiger charge is 1.95. The highest BCUT2D eigenvalue weighted by molar-refractivity contribution is 9.13. The zero-order chi connectivity index (χ0) is 10.2. The smallest absolute Gasteiger partial charge is 0.0992 e. The normalized spacial score (nSPS) is 13.1. The topological polar surface area (TPSA) is 23.8 Å². The van der Waals surface area contributed by atoms with E-state index in [-0.39, 0.29) is 23.7 Å². The van der Waals surface area contributed by atoms with E-state index < -0.39 is 0 Å². The Bertz CT molecular complexity index is 382. The van der Waals surface area contributed by atoms with Gasteiger partial charge in [-0.1, -0.05) is 0 Å². The quantitative estimate of drug-likeness (QED) is 0.706. The maximum atomic E-state index is 8.63. The Balaban J connectivity index is 3.69. The van der Waals surface area contributed by atoms with Gasteiger partial charge in [-0.15, -0.1) is 0 Å². The molecule has 0 N–H and O–H groups in total. The Kier molecular flexibility index (Phi) is 1.44. The largest absolute Gasteiger partial charge is 0.192 e. The SMILES string of the molecule is [2H]c1c([2H])c(C#N)c([2H])c(Br)c1Br. The number of halogens is 2. The number of nitrogens with zero attached hydrogens (tertiary/aromatic N) is 1. The van der Waals surface area contributed by atoms with E-state index in [9.17, 15) is 0 Å². The maximum absolute atomic E-state index is 8.63. The van der Waals surface area contributed by atoms with Crippen LogP contribution in [0.5, 0.6) is 0 Å². The molecule has 0 radical (unpaired) electrons. The summed E-state index contributed by atoms with van der Waals surface area (Å²) in [5.74, 6) is 0. The summed E-state index contributed by atoms with van der Waals surface area (Å²) in [5.41, 5.74) is -0.0833. The molecule has 0 aliphatic rings. The van der Waals surface area contributed by atoms with Crippen LogP contribution in [-0.4, -0.2) is 0 Å². The van der Waals surface area contributed by atoms with Crippen molar-refractivity contribution in [2.45, 2.75) is 0 Å². The predicted octanol–water partition coefficient (Wildman–Crippen LogP) is 3.08. The van der Waals surface area contributed by atoms with Crippen LogP contribution >= 0.6 is 31.9 Å². The fourth-order valence-electron chi connectivity index (χ4n) is 0.424. The molecule has 0 saturated heterocycles. The first-order valence-corrected chi connectivity index (χ1v) is 3.94. The lowest BCUT2D eigenvalue weighted by Gasteiger charge is -1.93. The summed E-state index contributed by atoms with van der Waals surface area (Å²) in [6, 6.07) is 1.36. The molecule has 3 heteroatoms. The van der Waals surface area contributed by atoms with E-state index in [1.165, 1.54) is 0 Å². The highest BCUT2D eigenvalue weighted by atomic mass is 79.9. The molecule has 1 aromatic carbocycles. The van der Waals surface area contributed by atoms with E-state index in [1.54, 1.807) is 6.07 Å². The van der Waals surface area contributed by atoms with Gasteiger partial charge in [0.1, 0.15) is 0 Å². The summed E-state index contributed by atoms with van der Waals surface area (Å²) >= 11 is 6.13. The number of benzene rings is 1. The number of hydrogen-bond acceptors (Lipinski definition) is 1. The third-order valence-electron chi connectivity index (χ3n) is 0.836. The van der Waals surface area contributed by atoms with Gasteiger partial charge in [0.15, 0.2) is 0 Å². The molecule has 1 rings (SSSR count). The summed E-state index contributed by atoms with van der Waals surface area (Å²) in [4.78, 5) is 0. The van der Waals surface area contributed by atoms with Crippen LogP contribution in [-0.2, 0) is 0 Å². The van der Waals surface area contributed by atoms with Gasteiger partial charge in [0.2, 0.25) is 0 Å². The molecule has 0 aromatic heterocycles. The van der Waals surface area contributed by atoms with E-state index in [0.29, 0.717) is 8.95 Å². The average Bonchev–Trinajstić information content (AvgIpc) is 2.13.